The van der Waals surface area contributed by atoms with Crippen LogP contribution < -0.4 is 14.9 Å². The highest BCUT2D eigenvalue weighted by molar-refractivity contribution is 6.32. The summed E-state index contributed by atoms with van der Waals surface area (Å²) in [6, 6.07) is 10.9. The second kappa shape index (κ2) is 8.99. The zero-order valence-electron chi connectivity index (χ0n) is 14.3. The molecule has 5 nitrogen and oxygen atoms in total. The lowest BCUT2D eigenvalue weighted by atomic mass is 10.2. The van der Waals surface area contributed by atoms with Gasteiger partial charge < -0.3 is 14.6 Å². The molecule has 0 amide bonds. The van der Waals surface area contributed by atoms with E-state index in [1.54, 1.807) is 13.0 Å². The summed E-state index contributed by atoms with van der Waals surface area (Å²) in [7, 11) is 0. The average molecular weight is 361 g/mol. The minimum atomic E-state index is -0.0559. The molecule has 2 rings (SSSR count). The van der Waals surface area contributed by atoms with Crippen molar-refractivity contribution in [2.45, 2.75) is 13.8 Å². The molecule has 2 N–H and O–H groups in total. The third-order valence-electron chi connectivity index (χ3n) is 3.13. The van der Waals surface area contributed by atoms with Crippen LogP contribution in [0.15, 0.2) is 53.8 Å². The molecule has 0 saturated carbocycles. The van der Waals surface area contributed by atoms with E-state index in [1.807, 2.05) is 31.2 Å². The number of benzene rings is 2. The molecular weight excluding hydrogens is 340 g/mol. The first-order chi connectivity index (χ1) is 12.0. The van der Waals surface area contributed by atoms with Crippen molar-refractivity contribution in [1.82, 2.24) is 5.43 Å². The summed E-state index contributed by atoms with van der Waals surface area (Å²) in [6.07, 6.45) is 1.53. The van der Waals surface area contributed by atoms with Gasteiger partial charge in [0.05, 0.1) is 11.2 Å². The van der Waals surface area contributed by atoms with Crippen molar-refractivity contribution < 1.29 is 14.6 Å². The molecule has 0 radical (unpaired) electrons. The van der Waals surface area contributed by atoms with Gasteiger partial charge in [0, 0.05) is 5.70 Å². The number of aryl methyl sites for hydroxylation is 1. The van der Waals surface area contributed by atoms with E-state index < -0.39 is 0 Å². The van der Waals surface area contributed by atoms with Crippen LogP contribution in [-0.4, -0.2) is 24.5 Å². The van der Waals surface area contributed by atoms with Gasteiger partial charge in [-0.15, -0.1) is 0 Å². The van der Waals surface area contributed by atoms with E-state index >= 15 is 0 Å². The Morgan fingerprint density at radius 2 is 1.92 bits per heavy atom. The van der Waals surface area contributed by atoms with E-state index in [1.165, 1.54) is 17.8 Å². The largest absolute Gasteiger partial charge is 0.504 e. The monoisotopic (exact) mass is 360 g/mol. The molecule has 0 aromatic heterocycles. The summed E-state index contributed by atoms with van der Waals surface area (Å²) in [5.41, 5.74) is 5.23. The molecule has 0 unspecified atom stereocenters. The van der Waals surface area contributed by atoms with Crippen LogP contribution >= 0.6 is 11.6 Å². The number of phenols is 1. The molecule has 0 aliphatic heterocycles. The number of rotatable bonds is 8. The molecule has 2 aromatic rings. The Kier molecular flexibility index (Phi) is 6.71. The van der Waals surface area contributed by atoms with Crippen LogP contribution in [0.2, 0.25) is 5.02 Å². The first kappa shape index (κ1) is 18.7. The summed E-state index contributed by atoms with van der Waals surface area (Å²) >= 11 is 6.16. The Bertz CT molecular complexity index is 735. The standard InChI is InChI=1S/C19H21ClN2O3/c1-13(2)22-21-12-15-10-17(20)19(18(23)11-15)25-9-8-24-16-6-4-14(3)5-7-16/h4-7,10-12,22-23H,1,8-9H2,2-3H3/b21-12+. The molecule has 0 heterocycles. The fraction of sp³-hybridized carbons (Fsp3) is 0.211. The molecule has 25 heavy (non-hydrogen) atoms. The minimum Gasteiger partial charge on any atom is -0.504 e. The Morgan fingerprint density at radius 3 is 2.56 bits per heavy atom. The van der Waals surface area contributed by atoms with Crippen molar-refractivity contribution in [2.24, 2.45) is 5.10 Å². The lowest BCUT2D eigenvalue weighted by molar-refractivity contribution is 0.212. The highest BCUT2D eigenvalue weighted by Crippen LogP contribution is 2.35. The van der Waals surface area contributed by atoms with Crippen LogP contribution in [0.5, 0.6) is 17.2 Å². The minimum absolute atomic E-state index is 0.0559. The van der Waals surface area contributed by atoms with Crippen LogP contribution in [0.3, 0.4) is 0 Å². The SMILES string of the molecule is C=C(C)N/N=C/c1cc(O)c(OCCOc2ccc(C)cc2)c(Cl)c1. The molecule has 0 fully saturated rings. The number of phenolic OH excluding ortho intramolecular Hbond substituents is 1. The molecule has 132 valence electrons. The maximum atomic E-state index is 10.1. The summed E-state index contributed by atoms with van der Waals surface area (Å²) in [4.78, 5) is 0. The lowest BCUT2D eigenvalue weighted by Crippen LogP contribution is -2.09. The molecular formula is C19H21ClN2O3. The van der Waals surface area contributed by atoms with Crippen molar-refractivity contribution in [2.75, 3.05) is 13.2 Å². The third-order valence-corrected chi connectivity index (χ3v) is 3.42. The number of allylic oxidation sites excluding steroid dienone is 1. The van der Waals surface area contributed by atoms with E-state index in [4.69, 9.17) is 21.1 Å². The van der Waals surface area contributed by atoms with Gasteiger partial charge in [-0.1, -0.05) is 35.9 Å². The van der Waals surface area contributed by atoms with Crippen LogP contribution in [0.1, 0.15) is 18.1 Å². The molecule has 0 aliphatic rings. The summed E-state index contributed by atoms with van der Waals surface area (Å²) < 4.78 is 11.1. The maximum absolute atomic E-state index is 10.1. The van der Waals surface area contributed by atoms with Crippen molar-refractivity contribution in [3.05, 3.63) is 64.8 Å². The van der Waals surface area contributed by atoms with Gasteiger partial charge in [0.2, 0.25) is 0 Å². The normalized spacial score (nSPS) is 10.7. The number of nitrogens with zero attached hydrogens (tertiary/aromatic N) is 1. The van der Waals surface area contributed by atoms with Gasteiger partial charge in [-0.05, 0) is 43.7 Å². The lowest BCUT2D eigenvalue weighted by Gasteiger charge is -2.11. The molecule has 6 heteroatoms. The summed E-state index contributed by atoms with van der Waals surface area (Å²) in [6.45, 7) is 8.07. The van der Waals surface area contributed by atoms with Gasteiger partial charge in [0.25, 0.3) is 0 Å². The molecule has 0 spiro atoms. The Morgan fingerprint density at radius 1 is 1.24 bits per heavy atom. The van der Waals surface area contributed by atoms with Gasteiger partial charge in [-0.25, -0.2) is 0 Å². The topological polar surface area (TPSA) is 63.1 Å². The number of halogens is 1. The maximum Gasteiger partial charge on any atom is 0.179 e. The van der Waals surface area contributed by atoms with Crippen molar-refractivity contribution in [3.63, 3.8) is 0 Å². The second-order valence-electron chi connectivity index (χ2n) is 5.51. The van der Waals surface area contributed by atoms with Gasteiger partial charge in [0.15, 0.2) is 11.5 Å². The molecule has 0 atom stereocenters. The molecule has 0 aliphatic carbocycles. The van der Waals surface area contributed by atoms with Gasteiger partial charge in [-0.3, -0.25) is 5.43 Å². The zero-order chi connectivity index (χ0) is 18.2. The average Bonchev–Trinajstić information content (AvgIpc) is 2.55. The van der Waals surface area contributed by atoms with Crippen LogP contribution in [0.25, 0.3) is 0 Å². The van der Waals surface area contributed by atoms with E-state index in [-0.39, 0.29) is 18.1 Å². The van der Waals surface area contributed by atoms with Gasteiger partial charge in [0.1, 0.15) is 19.0 Å². The van der Waals surface area contributed by atoms with Gasteiger partial charge in [-0.2, -0.15) is 5.10 Å². The number of hydrogen-bond acceptors (Lipinski definition) is 5. The Balaban J connectivity index is 1.90. The smallest absolute Gasteiger partial charge is 0.179 e. The van der Waals surface area contributed by atoms with Crippen LogP contribution in [-0.2, 0) is 0 Å². The summed E-state index contributed by atoms with van der Waals surface area (Å²) in [5.74, 6) is 0.930. The van der Waals surface area contributed by atoms with Crippen molar-refractivity contribution in [3.8, 4) is 17.2 Å². The first-order valence-electron chi connectivity index (χ1n) is 7.75. The zero-order valence-corrected chi connectivity index (χ0v) is 15.0. The third kappa shape index (κ3) is 6.04. The number of hydrogen-bond donors (Lipinski definition) is 2. The fourth-order valence-corrected chi connectivity index (χ4v) is 2.25. The second-order valence-corrected chi connectivity index (χ2v) is 5.92. The number of nitrogens with one attached hydrogen (secondary N) is 1. The van der Waals surface area contributed by atoms with E-state index in [9.17, 15) is 5.11 Å². The molecule has 0 bridgehead atoms. The quantitative estimate of drug-likeness (QED) is 0.419. The Labute approximate surface area is 152 Å². The predicted molar refractivity (Wildman–Crippen MR) is 101 cm³/mol. The van der Waals surface area contributed by atoms with Crippen LogP contribution in [0.4, 0.5) is 0 Å². The number of ether oxygens (including phenoxy) is 2. The first-order valence-corrected chi connectivity index (χ1v) is 8.13. The summed E-state index contributed by atoms with van der Waals surface area (Å²) in [5, 5.41) is 14.3. The fourth-order valence-electron chi connectivity index (χ4n) is 1.97. The predicted octanol–water partition coefficient (Wildman–Crippen LogP) is 4.27. The van der Waals surface area contributed by atoms with E-state index in [2.05, 4.69) is 17.1 Å². The van der Waals surface area contributed by atoms with Crippen molar-refractivity contribution >= 4 is 17.8 Å². The number of hydrazone groups is 1. The van der Waals surface area contributed by atoms with Gasteiger partial charge >= 0.3 is 0 Å². The van der Waals surface area contributed by atoms with Crippen LogP contribution in [0, 0.1) is 6.92 Å². The van der Waals surface area contributed by atoms with E-state index in [0.717, 1.165) is 5.75 Å². The molecule has 2 aromatic carbocycles. The van der Waals surface area contributed by atoms with Crippen molar-refractivity contribution in [1.29, 1.82) is 0 Å². The Hall–Kier alpha value is -2.66. The molecule has 0 saturated heterocycles. The van der Waals surface area contributed by atoms with E-state index in [0.29, 0.717) is 22.9 Å². The highest BCUT2D eigenvalue weighted by Gasteiger charge is 2.10. The number of aromatic hydroxyl groups is 1. The highest BCUT2D eigenvalue weighted by atomic mass is 35.5.